The number of hydrogen-bond acceptors (Lipinski definition) is 1. The molecule has 1 aliphatic carbocycles. The molecule has 0 bridgehead atoms. The quantitative estimate of drug-likeness (QED) is 0.167. The molecule has 0 amide bonds. The molecule has 0 atom stereocenters. The van der Waals surface area contributed by atoms with Gasteiger partial charge in [-0.2, -0.15) is 0 Å². The molecular weight excluding hydrogens is 651 g/mol. The zero-order valence-electron chi connectivity index (χ0n) is 30.3. The number of fused-ring (bicyclic) bond motifs is 14. The second-order valence-electron chi connectivity index (χ2n) is 15.2. The van der Waals surface area contributed by atoms with Gasteiger partial charge in [0.25, 0.3) is 0 Å². The van der Waals surface area contributed by atoms with Crippen LogP contribution in [0.5, 0.6) is 0 Å². The van der Waals surface area contributed by atoms with Crippen LogP contribution < -0.4 is 4.90 Å². The minimum absolute atomic E-state index is 0.216. The summed E-state index contributed by atoms with van der Waals surface area (Å²) in [7, 11) is 0. The Labute approximate surface area is 315 Å². The first-order chi connectivity index (χ1) is 26.6. The van der Waals surface area contributed by atoms with Crippen molar-refractivity contribution in [2.24, 2.45) is 0 Å². The van der Waals surface area contributed by atoms with E-state index < -0.39 is 0 Å². The molecule has 0 saturated heterocycles. The fourth-order valence-corrected chi connectivity index (χ4v) is 9.57. The molecule has 10 aromatic rings. The lowest BCUT2D eigenvalue weighted by Gasteiger charge is -2.28. The first kappa shape index (κ1) is 30.9. The van der Waals surface area contributed by atoms with Gasteiger partial charge in [0.1, 0.15) is 0 Å². The van der Waals surface area contributed by atoms with E-state index in [1.807, 2.05) is 0 Å². The molecule has 0 saturated carbocycles. The molecule has 1 heteroatoms. The van der Waals surface area contributed by atoms with Gasteiger partial charge in [-0.15, -0.1) is 0 Å². The van der Waals surface area contributed by atoms with Gasteiger partial charge in [0.05, 0.1) is 5.69 Å². The summed E-state index contributed by atoms with van der Waals surface area (Å²) in [6, 6.07) is 69.4. The monoisotopic (exact) mass is 687 g/mol. The molecule has 1 aliphatic rings. The smallest absolute Gasteiger partial charge is 0.0540 e. The van der Waals surface area contributed by atoms with E-state index >= 15 is 0 Å². The Morgan fingerprint density at radius 2 is 1.00 bits per heavy atom. The highest BCUT2D eigenvalue weighted by atomic mass is 15.1. The Morgan fingerprint density at radius 3 is 1.78 bits per heavy atom. The van der Waals surface area contributed by atoms with Crippen LogP contribution in [0.1, 0.15) is 25.0 Å². The number of anilines is 3. The van der Waals surface area contributed by atoms with E-state index in [2.05, 4.69) is 207 Å². The van der Waals surface area contributed by atoms with Crippen molar-refractivity contribution in [1.82, 2.24) is 0 Å². The lowest BCUT2D eigenvalue weighted by atomic mass is 9.77. The van der Waals surface area contributed by atoms with Crippen LogP contribution in [0.15, 0.2) is 188 Å². The molecule has 0 aromatic heterocycles. The predicted molar refractivity (Wildman–Crippen MR) is 232 cm³/mol. The van der Waals surface area contributed by atoms with Crippen LogP contribution in [0.2, 0.25) is 0 Å². The second-order valence-corrected chi connectivity index (χ2v) is 15.2. The first-order valence-electron chi connectivity index (χ1n) is 18.9. The van der Waals surface area contributed by atoms with Crippen molar-refractivity contribution in [3.63, 3.8) is 0 Å². The molecule has 1 nitrogen and oxygen atoms in total. The number of nitrogens with zero attached hydrogens (tertiary/aromatic N) is 1. The summed E-state index contributed by atoms with van der Waals surface area (Å²) in [4.78, 5) is 2.42. The van der Waals surface area contributed by atoms with Crippen molar-refractivity contribution in [3.8, 4) is 22.3 Å². The minimum Gasteiger partial charge on any atom is -0.310 e. The second kappa shape index (κ2) is 11.7. The summed E-state index contributed by atoms with van der Waals surface area (Å²) >= 11 is 0. The third kappa shape index (κ3) is 4.39. The van der Waals surface area contributed by atoms with Gasteiger partial charge in [0.15, 0.2) is 0 Å². The van der Waals surface area contributed by atoms with Gasteiger partial charge in [0, 0.05) is 22.2 Å². The van der Waals surface area contributed by atoms with E-state index in [0.29, 0.717) is 0 Å². The zero-order valence-corrected chi connectivity index (χ0v) is 30.3. The maximum atomic E-state index is 2.45. The highest BCUT2D eigenvalue weighted by molar-refractivity contribution is 6.35. The van der Waals surface area contributed by atoms with Crippen LogP contribution in [0.25, 0.3) is 76.1 Å². The van der Waals surface area contributed by atoms with Gasteiger partial charge >= 0.3 is 0 Å². The lowest BCUT2D eigenvalue weighted by Crippen LogP contribution is -2.16. The minimum atomic E-state index is -0.216. The average Bonchev–Trinajstić information content (AvgIpc) is 3.47. The van der Waals surface area contributed by atoms with Gasteiger partial charge in [-0.1, -0.05) is 166 Å². The molecule has 10 aromatic carbocycles. The highest BCUT2D eigenvalue weighted by Crippen LogP contribution is 2.57. The van der Waals surface area contributed by atoms with Crippen LogP contribution >= 0.6 is 0 Å². The number of hydrogen-bond donors (Lipinski definition) is 0. The number of rotatable bonds is 4. The van der Waals surface area contributed by atoms with Crippen molar-refractivity contribution in [2.75, 3.05) is 4.90 Å². The third-order valence-corrected chi connectivity index (χ3v) is 11.9. The molecule has 0 heterocycles. The van der Waals surface area contributed by atoms with Crippen LogP contribution in [0.4, 0.5) is 17.1 Å². The Morgan fingerprint density at radius 1 is 0.389 bits per heavy atom. The maximum absolute atomic E-state index is 2.45. The van der Waals surface area contributed by atoms with Crippen LogP contribution in [0, 0.1) is 0 Å². The predicted octanol–water partition coefficient (Wildman–Crippen LogP) is 14.9. The molecule has 0 fully saturated rings. The van der Waals surface area contributed by atoms with Crippen LogP contribution in [0.3, 0.4) is 0 Å². The molecule has 11 rings (SSSR count). The lowest BCUT2D eigenvalue weighted by molar-refractivity contribution is 0.667. The highest BCUT2D eigenvalue weighted by Gasteiger charge is 2.39. The summed E-state index contributed by atoms with van der Waals surface area (Å²) in [6.45, 7) is 4.87. The van der Waals surface area contributed by atoms with Gasteiger partial charge in [-0.25, -0.2) is 0 Å². The third-order valence-electron chi connectivity index (χ3n) is 11.9. The average molecular weight is 688 g/mol. The van der Waals surface area contributed by atoms with Crippen molar-refractivity contribution >= 4 is 70.9 Å². The van der Waals surface area contributed by atoms with E-state index in [-0.39, 0.29) is 5.41 Å². The van der Waals surface area contributed by atoms with Crippen molar-refractivity contribution in [1.29, 1.82) is 0 Å². The van der Waals surface area contributed by atoms with E-state index in [0.717, 1.165) is 11.4 Å². The van der Waals surface area contributed by atoms with Gasteiger partial charge < -0.3 is 4.90 Å². The molecule has 0 unspecified atom stereocenters. The van der Waals surface area contributed by atoms with Crippen molar-refractivity contribution in [3.05, 3.63) is 199 Å². The fraction of sp³-hybridized carbons (Fsp3) is 0.0566. The van der Waals surface area contributed by atoms with Crippen molar-refractivity contribution < 1.29 is 0 Å². The first-order valence-corrected chi connectivity index (χ1v) is 18.9. The van der Waals surface area contributed by atoms with Crippen molar-refractivity contribution in [2.45, 2.75) is 19.3 Å². The number of benzene rings is 10. The SMILES string of the molecule is CC1(C)c2cc(-c3ccccc3)ccc2-c2c1c1c3ccccc3c3cc(N(c4ccccc4)c4cccc5ccccc45)ccc3c1c1ccccc21. The molecule has 0 aliphatic heterocycles. The Bertz CT molecular complexity index is 3110. The Balaban J connectivity index is 1.24. The summed E-state index contributed by atoms with van der Waals surface area (Å²) < 4.78 is 0. The standard InChI is InChI=1S/C53H37N/c1-53(2)47-32-36(34-16-5-3-6-17-34)28-30-45(47)50-43-26-14-13-25-42(43)49-44-31-29-38(33-46(44)40-23-11-12-24-41(40)51(49)52(50)53)54(37-20-7-4-8-21-37)48-27-15-19-35-18-9-10-22-39(35)48/h3-33H,1-2H3. The summed E-state index contributed by atoms with van der Waals surface area (Å²) in [5.41, 5.74) is 11.3. The summed E-state index contributed by atoms with van der Waals surface area (Å²) in [5, 5.41) is 12.9. The molecule has 54 heavy (non-hydrogen) atoms. The molecule has 254 valence electrons. The van der Waals surface area contributed by atoms with E-state index in [9.17, 15) is 0 Å². The summed E-state index contributed by atoms with van der Waals surface area (Å²) in [5.74, 6) is 0. The number of para-hydroxylation sites is 1. The van der Waals surface area contributed by atoms with E-state index in [4.69, 9.17) is 0 Å². The molecule has 0 spiro atoms. The van der Waals surface area contributed by atoms with E-state index in [1.165, 1.54) is 92.9 Å². The maximum Gasteiger partial charge on any atom is 0.0540 e. The van der Waals surface area contributed by atoms with Crippen LogP contribution in [-0.4, -0.2) is 0 Å². The van der Waals surface area contributed by atoms with Crippen LogP contribution in [-0.2, 0) is 5.41 Å². The van der Waals surface area contributed by atoms with Gasteiger partial charge in [-0.05, 0) is 118 Å². The molecular formula is C53H37N. The Kier molecular flexibility index (Phi) is 6.66. The Hall–Kier alpha value is -6.70. The van der Waals surface area contributed by atoms with Gasteiger partial charge in [0.2, 0.25) is 0 Å². The molecule has 0 N–H and O–H groups in total. The largest absolute Gasteiger partial charge is 0.310 e. The topological polar surface area (TPSA) is 3.24 Å². The normalized spacial score (nSPS) is 13.1. The summed E-state index contributed by atoms with van der Waals surface area (Å²) in [6.07, 6.45) is 0. The van der Waals surface area contributed by atoms with Gasteiger partial charge in [-0.3, -0.25) is 0 Å². The van der Waals surface area contributed by atoms with E-state index in [1.54, 1.807) is 0 Å². The zero-order chi connectivity index (χ0) is 36.0. The molecule has 0 radical (unpaired) electrons. The fourth-order valence-electron chi connectivity index (χ4n) is 9.57.